The first-order chi connectivity index (χ1) is 14.6. The fourth-order valence-corrected chi connectivity index (χ4v) is 3.62. The summed E-state index contributed by atoms with van der Waals surface area (Å²) in [5.41, 5.74) is 2.15. The first kappa shape index (κ1) is 21.4. The third-order valence-electron chi connectivity index (χ3n) is 4.21. The number of carbonyl (C=O) groups is 2. The van der Waals surface area contributed by atoms with E-state index in [0.29, 0.717) is 34.0 Å². The van der Waals surface area contributed by atoms with Gasteiger partial charge in [0.1, 0.15) is 11.6 Å². The molecular formula is C23H21FN2O3S. The smallest absolute Gasteiger partial charge is 0.257 e. The van der Waals surface area contributed by atoms with Gasteiger partial charge in [-0.1, -0.05) is 30.3 Å². The largest absolute Gasteiger partial charge is 0.496 e. The van der Waals surface area contributed by atoms with E-state index in [0.717, 1.165) is 0 Å². The maximum Gasteiger partial charge on any atom is 0.257 e. The number of hydrogen-bond acceptors (Lipinski definition) is 4. The van der Waals surface area contributed by atoms with E-state index in [1.165, 1.54) is 31.0 Å². The maximum absolute atomic E-state index is 13.5. The molecule has 30 heavy (non-hydrogen) atoms. The minimum atomic E-state index is -0.353. The fraction of sp³-hybridized carbons (Fsp3) is 0.130. The Morgan fingerprint density at radius 2 is 1.70 bits per heavy atom. The summed E-state index contributed by atoms with van der Waals surface area (Å²) in [5.74, 6) is 0.227. The molecule has 3 aromatic carbocycles. The highest BCUT2D eigenvalue weighted by Crippen LogP contribution is 2.24. The molecule has 0 aliphatic carbocycles. The van der Waals surface area contributed by atoms with E-state index in [2.05, 4.69) is 10.6 Å². The van der Waals surface area contributed by atoms with Gasteiger partial charge in [-0.2, -0.15) is 0 Å². The Kier molecular flexibility index (Phi) is 7.45. The van der Waals surface area contributed by atoms with Crippen molar-refractivity contribution in [2.45, 2.75) is 5.75 Å². The lowest BCUT2D eigenvalue weighted by Crippen LogP contribution is -2.19. The zero-order valence-corrected chi connectivity index (χ0v) is 17.2. The number of rotatable bonds is 8. The fourth-order valence-electron chi connectivity index (χ4n) is 2.81. The van der Waals surface area contributed by atoms with Crippen LogP contribution in [0, 0.1) is 5.82 Å². The maximum atomic E-state index is 13.5. The second-order valence-electron chi connectivity index (χ2n) is 6.36. The van der Waals surface area contributed by atoms with E-state index < -0.39 is 0 Å². The molecule has 0 aliphatic rings. The third-order valence-corrected chi connectivity index (χ3v) is 5.19. The van der Waals surface area contributed by atoms with Crippen molar-refractivity contribution in [3.05, 3.63) is 89.7 Å². The average molecular weight is 424 g/mol. The lowest BCUT2D eigenvalue weighted by atomic mass is 10.1. The second kappa shape index (κ2) is 10.5. The predicted octanol–water partition coefficient (Wildman–Crippen LogP) is 4.96. The lowest BCUT2D eigenvalue weighted by molar-refractivity contribution is -0.113. The molecule has 0 saturated carbocycles. The van der Waals surface area contributed by atoms with Crippen LogP contribution in [-0.2, 0) is 10.5 Å². The van der Waals surface area contributed by atoms with E-state index in [4.69, 9.17) is 4.74 Å². The molecule has 0 radical (unpaired) electrons. The molecule has 0 aromatic heterocycles. The molecular weight excluding hydrogens is 403 g/mol. The Morgan fingerprint density at radius 3 is 2.47 bits per heavy atom. The monoisotopic (exact) mass is 424 g/mol. The summed E-state index contributed by atoms with van der Waals surface area (Å²) >= 11 is 1.33. The number of ether oxygens (including phenoxy) is 1. The van der Waals surface area contributed by atoms with Crippen molar-refractivity contribution < 1.29 is 18.7 Å². The Bertz CT molecular complexity index is 1030. The molecule has 2 N–H and O–H groups in total. The third kappa shape index (κ3) is 5.84. The molecule has 0 fully saturated rings. The normalized spacial score (nSPS) is 10.3. The van der Waals surface area contributed by atoms with Crippen LogP contribution in [0.2, 0.25) is 0 Å². The van der Waals surface area contributed by atoms with E-state index in [1.807, 2.05) is 18.2 Å². The molecule has 0 heterocycles. The molecule has 0 aliphatic heterocycles. The van der Waals surface area contributed by atoms with Gasteiger partial charge in [-0.25, -0.2) is 4.39 Å². The Morgan fingerprint density at radius 1 is 0.967 bits per heavy atom. The Hall–Kier alpha value is -3.32. The van der Waals surface area contributed by atoms with E-state index in [-0.39, 0.29) is 23.4 Å². The molecule has 154 valence electrons. The van der Waals surface area contributed by atoms with Crippen LogP contribution >= 0.6 is 11.8 Å². The van der Waals surface area contributed by atoms with Gasteiger partial charge in [0.05, 0.1) is 24.1 Å². The number of benzene rings is 3. The van der Waals surface area contributed by atoms with Gasteiger partial charge in [-0.05, 0) is 42.5 Å². The number of thioether (sulfide) groups is 1. The van der Waals surface area contributed by atoms with Crippen LogP contribution in [0.5, 0.6) is 5.75 Å². The first-order valence-electron chi connectivity index (χ1n) is 9.22. The Balaban J connectivity index is 1.59. The number of halogens is 1. The molecule has 3 aromatic rings. The molecule has 0 bridgehead atoms. The number of methoxy groups -OCH3 is 1. The van der Waals surface area contributed by atoms with Crippen LogP contribution in [0.1, 0.15) is 15.9 Å². The van der Waals surface area contributed by atoms with Crippen molar-refractivity contribution in [3.8, 4) is 5.75 Å². The van der Waals surface area contributed by atoms with Crippen LogP contribution in [0.25, 0.3) is 0 Å². The van der Waals surface area contributed by atoms with Crippen molar-refractivity contribution in [2.75, 3.05) is 23.5 Å². The van der Waals surface area contributed by atoms with Gasteiger partial charge in [0.2, 0.25) is 5.91 Å². The second-order valence-corrected chi connectivity index (χ2v) is 7.35. The lowest BCUT2D eigenvalue weighted by Gasteiger charge is -2.12. The van der Waals surface area contributed by atoms with Crippen LogP contribution in [0.3, 0.4) is 0 Å². The topological polar surface area (TPSA) is 67.4 Å². The highest BCUT2D eigenvalue weighted by Gasteiger charge is 2.14. The number of hydrogen-bond donors (Lipinski definition) is 2. The van der Waals surface area contributed by atoms with Gasteiger partial charge in [0, 0.05) is 17.0 Å². The quantitative estimate of drug-likeness (QED) is 0.536. The minimum absolute atomic E-state index is 0.147. The van der Waals surface area contributed by atoms with Gasteiger partial charge >= 0.3 is 0 Å². The molecule has 2 amide bonds. The minimum Gasteiger partial charge on any atom is -0.496 e. The molecule has 0 unspecified atom stereocenters. The highest BCUT2D eigenvalue weighted by atomic mass is 32.2. The van der Waals surface area contributed by atoms with Crippen molar-refractivity contribution >= 4 is 35.0 Å². The van der Waals surface area contributed by atoms with Gasteiger partial charge in [-0.3, -0.25) is 9.59 Å². The number of anilines is 2. The van der Waals surface area contributed by atoms with Crippen LogP contribution in [0.4, 0.5) is 15.8 Å². The summed E-state index contributed by atoms with van der Waals surface area (Å²) in [6.07, 6.45) is 0. The highest BCUT2D eigenvalue weighted by molar-refractivity contribution is 7.99. The number of amides is 2. The molecule has 7 heteroatoms. The van der Waals surface area contributed by atoms with Crippen LogP contribution in [0.15, 0.2) is 72.8 Å². The molecule has 0 saturated heterocycles. The SMILES string of the molecule is COc1ccc(F)cc1CSCC(=O)Nc1ccccc1C(=O)Nc1ccccc1. The molecule has 0 spiro atoms. The standard InChI is InChI=1S/C23H21FN2O3S/c1-29-21-12-11-17(24)13-16(21)14-30-15-22(27)26-20-10-6-5-9-19(20)23(28)25-18-7-3-2-4-8-18/h2-13H,14-15H2,1H3,(H,25,28)(H,26,27). The molecule has 0 atom stereocenters. The summed E-state index contributed by atoms with van der Waals surface area (Å²) in [4.78, 5) is 25.0. The zero-order valence-electron chi connectivity index (χ0n) is 16.4. The van der Waals surface area contributed by atoms with Crippen LogP contribution in [-0.4, -0.2) is 24.7 Å². The number of carbonyl (C=O) groups excluding carboxylic acids is 2. The Labute approximate surface area is 178 Å². The first-order valence-corrected chi connectivity index (χ1v) is 10.4. The van der Waals surface area contributed by atoms with Crippen LogP contribution < -0.4 is 15.4 Å². The zero-order chi connectivity index (χ0) is 21.3. The van der Waals surface area contributed by atoms with Gasteiger partial charge < -0.3 is 15.4 Å². The van der Waals surface area contributed by atoms with Crippen molar-refractivity contribution in [2.24, 2.45) is 0 Å². The van der Waals surface area contributed by atoms with E-state index in [1.54, 1.807) is 42.5 Å². The van der Waals surface area contributed by atoms with Gasteiger partial charge in [0.25, 0.3) is 5.91 Å². The van der Waals surface area contributed by atoms with Gasteiger partial charge in [-0.15, -0.1) is 11.8 Å². The van der Waals surface area contributed by atoms with E-state index in [9.17, 15) is 14.0 Å². The average Bonchev–Trinajstić information content (AvgIpc) is 2.75. The predicted molar refractivity (Wildman–Crippen MR) is 119 cm³/mol. The molecule has 5 nitrogen and oxygen atoms in total. The van der Waals surface area contributed by atoms with E-state index >= 15 is 0 Å². The van der Waals surface area contributed by atoms with Crippen molar-refractivity contribution in [1.82, 2.24) is 0 Å². The summed E-state index contributed by atoms with van der Waals surface area (Å²) in [6.45, 7) is 0. The number of nitrogens with one attached hydrogen (secondary N) is 2. The molecule has 3 rings (SSSR count). The summed E-state index contributed by atoms with van der Waals surface area (Å²) in [7, 11) is 1.52. The van der Waals surface area contributed by atoms with Gasteiger partial charge in [0.15, 0.2) is 0 Å². The number of para-hydroxylation sites is 2. The summed E-state index contributed by atoms with van der Waals surface area (Å²) in [6, 6.07) is 20.2. The van der Waals surface area contributed by atoms with Crippen molar-refractivity contribution in [1.29, 1.82) is 0 Å². The van der Waals surface area contributed by atoms with Crippen molar-refractivity contribution in [3.63, 3.8) is 0 Å². The summed E-state index contributed by atoms with van der Waals surface area (Å²) < 4.78 is 18.7. The summed E-state index contributed by atoms with van der Waals surface area (Å²) in [5, 5.41) is 5.59.